The highest BCUT2D eigenvalue weighted by Crippen LogP contribution is 2.27. The SMILES string of the molecule is C[C@](O)(CS(=O)(=O)c1ccc(Cl)cc1)C(=O)Nc1ccc(Cl)cc1Cl. The highest BCUT2D eigenvalue weighted by atomic mass is 35.5. The number of hydrogen-bond acceptors (Lipinski definition) is 4. The summed E-state index contributed by atoms with van der Waals surface area (Å²) in [5.41, 5.74) is -1.97. The minimum Gasteiger partial charge on any atom is -0.379 e. The average Bonchev–Trinajstić information content (AvgIpc) is 2.49. The minimum atomic E-state index is -3.91. The maximum absolute atomic E-state index is 12.4. The van der Waals surface area contributed by atoms with Crippen molar-refractivity contribution < 1.29 is 18.3 Å². The molecule has 0 saturated heterocycles. The second kappa shape index (κ2) is 7.51. The normalized spacial score (nSPS) is 14.0. The van der Waals surface area contributed by atoms with E-state index in [4.69, 9.17) is 34.8 Å². The van der Waals surface area contributed by atoms with Gasteiger partial charge in [-0.25, -0.2) is 8.42 Å². The number of sulfone groups is 1. The molecule has 0 unspecified atom stereocenters. The molecule has 0 saturated carbocycles. The van der Waals surface area contributed by atoms with Gasteiger partial charge in [-0.2, -0.15) is 0 Å². The number of aliphatic hydroxyl groups is 1. The molecule has 1 amide bonds. The predicted molar refractivity (Wildman–Crippen MR) is 99.2 cm³/mol. The van der Waals surface area contributed by atoms with Crippen LogP contribution < -0.4 is 5.32 Å². The highest BCUT2D eigenvalue weighted by molar-refractivity contribution is 7.91. The van der Waals surface area contributed by atoms with Gasteiger partial charge in [-0.05, 0) is 49.4 Å². The predicted octanol–water partition coefficient (Wildman–Crippen LogP) is 3.81. The van der Waals surface area contributed by atoms with Crippen molar-refractivity contribution in [3.05, 3.63) is 57.5 Å². The molecule has 0 aliphatic heterocycles. The Balaban J connectivity index is 2.19. The van der Waals surface area contributed by atoms with Gasteiger partial charge in [-0.3, -0.25) is 4.79 Å². The van der Waals surface area contributed by atoms with Crippen LogP contribution in [0.1, 0.15) is 6.92 Å². The number of anilines is 1. The summed E-state index contributed by atoms with van der Waals surface area (Å²) in [6, 6.07) is 9.81. The van der Waals surface area contributed by atoms with Crippen LogP contribution in [0.2, 0.25) is 15.1 Å². The molecule has 134 valence electrons. The topological polar surface area (TPSA) is 83.5 Å². The lowest BCUT2D eigenvalue weighted by molar-refractivity contribution is -0.130. The number of halogens is 3. The van der Waals surface area contributed by atoms with Crippen molar-refractivity contribution in [3.8, 4) is 0 Å². The van der Waals surface area contributed by atoms with Crippen molar-refractivity contribution in [1.82, 2.24) is 0 Å². The summed E-state index contributed by atoms with van der Waals surface area (Å²) in [7, 11) is -3.91. The van der Waals surface area contributed by atoms with Gasteiger partial charge in [-0.1, -0.05) is 34.8 Å². The molecule has 5 nitrogen and oxygen atoms in total. The maximum atomic E-state index is 12.4. The van der Waals surface area contributed by atoms with Gasteiger partial charge >= 0.3 is 0 Å². The van der Waals surface area contributed by atoms with Crippen molar-refractivity contribution in [1.29, 1.82) is 0 Å². The summed E-state index contributed by atoms with van der Waals surface area (Å²) < 4.78 is 24.8. The smallest absolute Gasteiger partial charge is 0.257 e. The molecule has 0 heterocycles. The molecule has 0 fully saturated rings. The first kappa shape index (κ1) is 20.0. The summed E-state index contributed by atoms with van der Waals surface area (Å²) >= 11 is 17.5. The Hall–Kier alpha value is -1.31. The molecule has 0 radical (unpaired) electrons. The molecule has 2 aromatic rings. The molecular weight excluding hydrogens is 409 g/mol. The lowest BCUT2D eigenvalue weighted by Crippen LogP contribution is -2.45. The van der Waals surface area contributed by atoms with E-state index < -0.39 is 27.1 Å². The van der Waals surface area contributed by atoms with Crippen molar-refractivity contribution in [3.63, 3.8) is 0 Å². The van der Waals surface area contributed by atoms with Gasteiger partial charge in [0.15, 0.2) is 15.4 Å². The Kier molecular flexibility index (Phi) is 6.01. The number of hydrogen-bond donors (Lipinski definition) is 2. The quantitative estimate of drug-likeness (QED) is 0.767. The van der Waals surface area contributed by atoms with Crippen LogP contribution >= 0.6 is 34.8 Å². The number of carbonyl (C=O) groups is 1. The van der Waals surface area contributed by atoms with Gasteiger partial charge in [0.05, 0.1) is 21.4 Å². The molecule has 0 aromatic heterocycles. The molecule has 2 N–H and O–H groups in total. The first-order valence-electron chi connectivity index (χ1n) is 6.98. The third-order valence-electron chi connectivity index (χ3n) is 3.31. The van der Waals surface area contributed by atoms with Crippen LogP contribution in [0.15, 0.2) is 47.4 Å². The van der Waals surface area contributed by atoms with Crippen LogP contribution in [-0.4, -0.2) is 30.8 Å². The summed E-state index contributed by atoms with van der Waals surface area (Å²) in [6.07, 6.45) is 0. The van der Waals surface area contributed by atoms with E-state index in [-0.39, 0.29) is 15.6 Å². The second-order valence-corrected chi connectivity index (χ2v) is 8.83. The monoisotopic (exact) mass is 421 g/mol. The van der Waals surface area contributed by atoms with E-state index in [1.54, 1.807) is 0 Å². The molecule has 0 bridgehead atoms. The molecule has 0 spiro atoms. The summed E-state index contributed by atoms with van der Waals surface area (Å²) in [5, 5.41) is 13.7. The van der Waals surface area contributed by atoms with Gasteiger partial charge in [0.2, 0.25) is 0 Å². The minimum absolute atomic E-state index is 0.0468. The first-order valence-corrected chi connectivity index (χ1v) is 9.77. The molecular formula is C16H14Cl3NO4S. The second-order valence-electron chi connectivity index (χ2n) is 5.57. The molecule has 0 aliphatic carbocycles. The van der Waals surface area contributed by atoms with Crippen LogP contribution in [0.25, 0.3) is 0 Å². The van der Waals surface area contributed by atoms with Gasteiger partial charge < -0.3 is 10.4 Å². The number of rotatable bonds is 5. The van der Waals surface area contributed by atoms with Crippen LogP contribution in [0, 0.1) is 0 Å². The number of carbonyl (C=O) groups excluding carboxylic acids is 1. The van der Waals surface area contributed by atoms with E-state index in [1.165, 1.54) is 42.5 Å². The Morgan fingerprint density at radius 1 is 1.08 bits per heavy atom. The fourth-order valence-electron chi connectivity index (χ4n) is 2.01. The van der Waals surface area contributed by atoms with Gasteiger partial charge in [0, 0.05) is 10.0 Å². The van der Waals surface area contributed by atoms with Crippen molar-refractivity contribution in [2.75, 3.05) is 11.1 Å². The Labute approximate surface area is 160 Å². The number of benzene rings is 2. The Morgan fingerprint density at radius 3 is 2.20 bits per heavy atom. The molecule has 25 heavy (non-hydrogen) atoms. The van der Waals surface area contributed by atoms with E-state index in [0.717, 1.165) is 6.92 Å². The first-order chi connectivity index (χ1) is 11.5. The lowest BCUT2D eigenvalue weighted by Gasteiger charge is -2.22. The molecule has 2 rings (SSSR count). The molecule has 1 atom stereocenters. The average molecular weight is 423 g/mol. The highest BCUT2D eigenvalue weighted by Gasteiger charge is 2.37. The summed E-state index contributed by atoms with van der Waals surface area (Å²) in [4.78, 5) is 12.2. The third-order valence-corrected chi connectivity index (χ3v) is 6.04. The zero-order valence-electron chi connectivity index (χ0n) is 13.0. The standard InChI is InChI=1S/C16H14Cl3NO4S/c1-16(22,9-25(23,24)12-5-2-10(17)3-6-12)15(21)20-14-7-4-11(18)8-13(14)19/h2-8,22H,9H2,1H3,(H,20,21)/t16-/m0/s1. The fraction of sp³-hybridized carbons (Fsp3) is 0.188. The number of nitrogens with one attached hydrogen (secondary N) is 1. The van der Waals surface area contributed by atoms with E-state index in [2.05, 4.69) is 5.32 Å². The van der Waals surface area contributed by atoms with Crippen molar-refractivity contribution in [2.24, 2.45) is 0 Å². The fourth-order valence-corrected chi connectivity index (χ4v) is 4.18. The van der Waals surface area contributed by atoms with Crippen LogP contribution in [0.3, 0.4) is 0 Å². The van der Waals surface area contributed by atoms with E-state index >= 15 is 0 Å². The zero-order valence-corrected chi connectivity index (χ0v) is 16.0. The van der Waals surface area contributed by atoms with Gasteiger partial charge in [0.25, 0.3) is 5.91 Å². The van der Waals surface area contributed by atoms with Gasteiger partial charge in [-0.15, -0.1) is 0 Å². The van der Waals surface area contributed by atoms with Crippen molar-refractivity contribution in [2.45, 2.75) is 17.4 Å². The molecule has 0 aliphatic rings. The van der Waals surface area contributed by atoms with E-state index in [9.17, 15) is 18.3 Å². The van der Waals surface area contributed by atoms with Crippen molar-refractivity contribution >= 4 is 56.2 Å². The Morgan fingerprint density at radius 2 is 1.64 bits per heavy atom. The van der Waals surface area contributed by atoms with Crippen LogP contribution in [0.5, 0.6) is 0 Å². The summed E-state index contributed by atoms with van der Waals surface area (Å²) in [5.74, 6) is -1.71. The third kappa shape index (κ3) is 5.09. The Bertz CT molecular complexity index is 896. The van der Waals surface area contributed by atoms with E-state index in [0.29, 0.717) is 10.0 Å². The van der Waals surface area contributed by atoms with Crippen LogP contribution in [0.4, 0.5) is 5.69 Å². The lowest BCUT2D eigenvalue weighted by atomic mass is 10.1. The molecule has 2 aromatic carbocycles. The zero-order chi connectivity index (χ0) is 18.8. The van der Waals surface area contributed by atoms with Crippen LogP contribution in [-0.2, 0) is 14.6 Å². The van der Waals surface area contributed by atoms with E-state index in [1.807, 2.05) is 0 Å². The molecule has 9 heteroatoms. The number of amides is 1. The maximum Gasteiger partial charge on any atom is 0.257 e. The van der Waals surface area contributed by atoms with Gasteiger partial charge in [0.1, 0.15) is 0 Å². The summed E-state index contributed by atoms with van der Waals surface area (Å²) in [6.45, 7) is 1.11. The largest absolute Gasteiger partial charge is 0.379 e.